The summed E-state index contributed by atoms with van der Waals surface area (Å²) in [6.45, 7) is 7.96. The zero-order valence-corrected chi connectivity index (χ0v) is 18.0. The van der Waals surface area contributed by atoms with E-state index in [1.165, 1.54) is 11.8 Å². The topological polar surface area (TPSA) is 80.2 Å². The van der Waals surface area contributed by atoms with Gasteiger partial charge in [-0.1, -0.05) is 12.1 Å². The number of rotatable bonds is 7. The highest BCUT2D eigenvalue weighted by Crippen LogP contribution is 2.36. The Morgan fingerprint density at radius 3 is 2.77 bits per heavy atom. The van der Waals surface area contributed by atoms with E-state index in [-0.39, 0.29) is 11.7 Å². The molecule has 0 radical (unpaired) electrons. The Balaban J connectivity index is 1.93. The maximum atomic E-state index is 12.5. The number of amides is 1. The molecule has 1 aliphatic heterocycles. The highest BCUT2D eigenvalue weighted by Gasteiger charge is 2.24. The SMILES string of the molecule is C=CCc1cc(/C=C2\SC(=Nc3cc(C)ccc3OC)NC2=O)cc(OCC)c1O. The number of aliphatic imine (C=N–C) groups is 1. The Morgan fingerprint density at radius 1 is 1.27 bits per heavy atom. The second-order valence-corrected chi connectivity index (χ2v) is 7.64. The molecule has 0 unspecified atom stereocenters. The van der Waals surface area contributed by atoms with Crippen LogP contribution in [0, 0.1) is 6.92 Å². The molecule has 0 spiro atoms. The number of benzene rings is 2. The number of nitrogens with one attached hydrogen (secondary N) is 1. The molecule has 1 saturated heterocycles. The number of hydrogen-bond donors (Lipinski definition) is 2. The third-order valence-corrected chi connectivity index (χ3v) is 5.26. The van der Waals surface area contributed by atoms with Gasteiger partial charge in [0.1, 0.15) is 11.4 Å². The minimum atomic E-state index is -0.235. The summed E-state index contributed by atoms with van der Waals surface area (Å²) < 4.78 is 10.9. The van der Waals surface area contributed by atoms with Crippen LogP contribution in [-0.4, -0.2) is 29.9 Å². The molecule has 0 aliphatic carbocycles. The Bertz CT molecular complexity index is 1040. The minimum absolute atomic E-state index is 0.0937. The van der Waals surface area contributed by atoms with E-state index < -0.39 is 0 Å². The summed E-state index contributed by atoms with van der Waals surface area (Å²) in [6.07, 6.45) is 3.95. The number of amidine groups is 1. The Hall–Kier alpha value is -3.19. The standard InChI is InChI=1S/C23H24N2O4S/c1-5-7-16-11-15(12-19(21(16)26)29-6-2)13-20-22(27)25-23(30-20)24-17-10-14(3)8-9-18(17)28-4/h5,8-13,26H,1,6-7H2,2-4H3,(H,24,25,27)/b20-13-. The van der Waals surface area contributed by atoms with E-state index in [2.05, 4.69) is 16.9 Å². The molecule has 0 bridgehead atoms. The van der Waals surface area contributed by atoms with E-state index in [4.69, 9.17) is 9.47 Å². The average molecular weight is 425 g/mol. The van der Waals surface area contributed by atoms with E-state index in [1.54, 1.807) is 25.3 Å². The first-order chi connectivity index (χ1) is 14.4. The fourth-order valence-electron chi connectivity index (χ4n) is 2.98. The second-order valence-electron chi connectivity index (χ2n) is 6.61. The van der Waals surface area contributed by atoms with Crippen molar-refractivity contribution < 1.29 is 19.4 Å². The van der Waals surface area contributed by atoms with Crippen molar-refractivity contribution in [1.29, 1.82) is 0 Å². The van der Waals surface area contributed by atoms with Crippen LogP contribution in [0.25, 0.3) is 6.08 Å². The number of aromatic hydroxyl groups is 1. The van der Waals surface area contributed by atoms with Gasteiger partial charge in [-0.3, -0.25) is 4.79 Å². The number of thioether (sulfide) groups is 1. The molecule has 1 amide bonds. The molecule has 0 atom stereocenters. The molecule has 1 aliphatic rings. The minimum Gasteiger partial charge on any atom is -0.504 e. The highest BCUT2D eigenvalue weighted by molar-refractivity contribution is 8.18. The van der Waals surface area contributed by atoms with Crippen molar-refractivity contribution in [3.05, 3.63) is 64.6 Å². The average Bonchev–Trinajstić information content (AvgIpc) is 3.04. The summed E-state index contributed by atoms with van der Waals surface area (Å²) in [5, 5.41) is 13.6. The predicted molar refractivity (Wildman–Crippen MR) is 122 cm³/mol. The zero-order valence-electron chi connectivity index (χ0n) is 17.2. The first-order valence-electron chi connectivity index (χ1n) is 9.49. The molecule has 2 aromatic carbocycles. The summed E-state index contributed by atoms with van der Waals surface area (Å²) in [7, 11) is 1.58. The van der Waals surface area contributed by atoms with Crippen molar-refractivity contribution in [2.24, 2.45) is 4.99 Å². The summed E-state index contributed by atoms with van der Waals surface area (Å²) in [5.74, 6) is 0.873. The number of carbonyl (C=O) groups is 1. The molecule has 30 heavy (non-hydrogen) atoms. The van der Waals surface area contributed by atoms with E-state index >= 15 is 0 Å². The van der Waals surface area contributed by atoms with Crippen molar-refractivity contribution in [2.45, 2.75) is 20.3 Å². The van der Waals surface area contributed by atoms with Gasteiger partial charge in [-0.25, -0.2) is 4.99 Å². The molecule has 1 fully saturated rings. The number of ether oxygens (including phenoxy) is 2. The highest BCUT2D eigenvalue weighted by atomic mass is 32.2. The van der Waals surface area contributed by atoms with Crippen LogP contribution in [-0.2, 0) is 11.2 Å². The van der Waals surface area contributed by atoms with Gasteiger partial charge in [0, 0.05) is 5.56 Å². The number of nitrogens with zero attached hydrogens (tertiary/aromatic N) is 1. The number of hydrogen-bond acceptors (Lipinski definition) is 6. The molecule has 2 aromatic rings. The van der Waals surface area contributed by atoms with Crippen LogP contribution in [0.5, 0.6) is 17.2 Å². The van der Waals surface area contributed by atoms with Crippen molar-refractivity contribution >= 4 is 34.6 Å². The first-order valence-corrected chi connectivity index (χ1v) is 10.3. The summed E-state index contributed by atoms with van der Waals surface area (Å²) >= 11 is 1.25. The maximum Gasteiger partial charge on any atom is 0.264 e. The predicted octanol–water partition coefficient (Wildman–Crippen LogP) is 4.73. The molecule has 0 saturated carbocycles. The van der Waals surface area contributed by atoms with E-state index in [0.717, 1.165) is 11.1 Å². The third-order valence-electron chi connectivity index (χ3n) is 4.35. The first kappa shape index (κ1) is 21.5. The Morgan fingerprint density at radius 2 is 2.07 bits per heavy atom. The summed E-state index contributed by atoms with van der Waals surface area (Å²) in [5.41, 5.74) is 3.13. The van der Waals surface area contributed by atoms with Crippen molar-refractivity contribution in [2.75, 3.05) is 13.7 Å². The van der Waals surface area contributed by atoms with Crippen molar-refractivity contribution in [1.82, 2.24) is 5.32 Å². The molecular formula is C23H24N2O4S. The third kappa shape index (κ3) is 4.86. The van der Waals surface area contributed by atoms with Crippen LogP contribution < -0.4 is 14.8 Å². The summed E-state index contributed by atoms with van der Waals surface area (Å²) in [4.78, 5) is 17.5. The lowest BCUT2D eigenvalue weighted by Gasteiger charge is -2.11. The lowest BCUT2D eigenvalue weighted by Crippen LogP contribution is -2.19. The fraction of sp³-hybridized carbons (Fsp3) is 0.217. The van der Waals surface area contributed by atoms with Crippen LogP contribution in [0.3, 0.4) is 0 Å². The molecule has 7 heteroatoms. The molecular weight excluding hydrogens is 400 g/mol. The van der Waals surface area contributed by atoms with Gasteiger partial charge >= 0.3 is 0 Å². The van der Waals surface area contributed by atoms with Gasteiger partial charge in [-0.2, -0.15) is 0 Å². The van der Waals surface area contributed by atoms with Crippen LogP contribution in [0.4, 0.5) is 5.69 Å². The smallest absolute Gasteiger partial charge is 0.264 e. The molecule has 3 rings (SSSR count). The molecule has 1 heterocycles. The quantitative estimate of drug-likeness (QED) is 0.496. The van der Waals surface area contributed by atoms with Crippen molar-refractivity contribution in [3.63, 3.8) is 0 Å². The number of phenols is 1. The number of aryl methyl sites for hydroxylation is 1. The Kier molecular flexibility index (Phi) is 6.84. The maximum absolute atomic E-state index is 12.5. The largest absolute Gasteiger partial charge is 0.504 e. The van der Waals surface area contributed by atoms with Gasteiger partial charge in [0.25, 0.3) is 5.91 Å². The molecule has 156 valence electrons. The van der Waals surface area contributed by atoms with Gasteiger partial charge in [0.05, 0.1) is 18.6 Å². The van der Waals surface area contributed by atoms with Crippen LogP contribution in [0.15, 0.2) is 52.9 Å². The number of allylic oxidation sites excluding steroid dienone is 1. The van der Waals surface area contributed by atoms with Crippen LogP contribution in [0.1, 0.15) is 23.6 Å². The number of carbonyl (C=O) groups excluding carboxylic acids is 1. The number of methoxy groups -OCH3 is 1. The van der Waals surface area contributed by atoms with Gasteiger partial charge < -0.3 is 19.9 Å². The van der Waals surface area contributed by atoms with Crippen LogP contribution in [0.2, 0.25) is 0 Å². The zero-order chi connectivity index (χ0) is 21.7. The number of phenolic OH excluding ortho intramolecular Hbond substituents is 1. The molecule has 2 N–H and O–H groups in total. The lowest BCUT2D eigenvalue weighted by atomic mass is 10.1. The fourth-order valence-corrected chi connectivity index (χ4v) is 3.81. The van der Waals surface area contributed by atoms with E-state index in [0.29, 0.717) is 45.9 Å². The van der Waals surface area contributed by atoms with Gasteiger partial charge in [0.15, 0.2) is 16.7 Å². The lowest BCUT2D eigenvalue weighted by molar-refractivity contribution is -0.115. The normalized spacial score (nSPS) is 16.0. The molecule has 6 nitrogen and oxygen atoms in total. The van der Waals surface area contributed by atoms with Crippen LogP contribution >= 0.6 is 11.8 Å². The Labute approximate surface area is 180 Å². The molecule has 0 aromatic heterocycles. The van der Waals surface area contributed by atoms with E-state index in [9.17, 15) is 9.90 Å². The van der Waals surface area contributed by atoms with Gasteiger partial charge in [-0.15, -0.1) is 6.58 Å². The van der Waals surface area contributed by atoms with E-state index in [1.807, 2.05) is 38.1 Å². The monoisotopic (exact) mass is 424 g/mol. The van der Waals surface area contributed by atoms with Gasteiger partial charge in [0.2, 0.25) is 0 Å². The van der Waals surface area contributed by atoms with Crippen molar-refractivity contribution in [3.8, 4) is 17.2 Å². The second kappa shape index (κ2) is 9.54. The summed E-state index contributed by atoms with van der Waals surface area (Å²) in [6, 6.07) is 9.22. The van der Waals surface area contributed by atoms with Gasteiger partial charge in [-0.05, 0) is 73.5 Å².